The summed E-state index contributed by atoms with van der Waals surface area (Å²) in [6.07, 6.45) is -4.33. The van der Waals surface area contributed by atoms with E-state index in [1.54, 1.807) is 0 Å². The summed E-state index contributed by atoms with van der Waals surface area (Å²) >= 11 is 1.44. The van der Waals surface area contributed by atoms with Gasteiger partial charge in [-0.1, -0.05) is 42.1 Å². The second-order valence-electron chi connectivity index (χ2n) is 6.54. The molecule has 1 aliphatic heterocycles. The smallest absolute Gasteiger partial charge is 0.378 e. The molecular formula is C20H19F3N4OS. The first-order chi connectivity index (χ1) is 14.0. The maximum Gasteiger partial charge on any atom is 0.416 e. The number of alkyl halides is 3. The lowest BCUT2D eigenvalue weighted by atomic mass is 10.1. The molecule has 5 nitrogen and oxygen atoms in total. The Morgan fingerprint density at radius 3 is 2.28 bits per heavy atom. The molecule has 0 unspecified atom stereocenters. The largest absolute Gasteiger partial charge is 0.416 e. The van der Waals surface area contributed by atoms with E-state index < -0.39 is 11.7 Å². The Hall–Kier alpha value is -2.52. The second kappa shape index (κ2) is 8.46. The van der Waals surface area contributed by atoms with Crippen LogP contribution < -0.4 is 4.90 Å². The molecule has 0 N–H and O–H groups in total. The van der Waals surface area contributed by atoms with E-state index in [0.717, 1.165) is 42.4 Å². The number of rotatable bonds is 5. The van der Waals surface area contributed by atoms with Crippen LogP contribution in [0.5, 0.6) is 0 Å². The molecular weight excluding hydrogens is 401 g/mol. The van der Waals surface area contributed by atoms with Crippen LogP contribution in [-0.2, 0) is 16.7 Å². The van der Waals surface area contributed by atoms with Gasteiger partial charge in [0.15, 0.2) is 5.16 Å². The summed E-state index contributed by atoms with van der Waals surface area (Å²) in [5.41, 5.74) is 1.08. The molecule has 1 aromatic heterocycles. The van der Waals surface area contributed by atoms with Crippen molar-refractivity contribution < 1.29 is 17.9 Å². The Balaban J connectivity index is 1.58. The molecule has 1 saturated heterocycles. The van der Waals surface area contributed by atoms with Crippen LogP contribution in [0.2, 0.25) is 0 Å². The molecule has 0 amide bonds. The molecule has 29 heavy (non-hydrogen) atoms. The van der Waals surface area contributed by atoms with Gasteiger partial charge in [-0.25, -0.2) is 0 Å². The van der Waals surface area contributed by atoms with Crippen molar-refractivity contribution in [2.75, 3.05) is 31.2 Å². The zero-order valence-corrected chi connectivity index (χ0v) is 16.3. The van der Waals surface area contributed by atoms with E-state index in [2.05, 4.69) is 15.1 Å². The van der Waals surface area contributed by atoms with E-state index in [4.69, 9.17) is 4.74 Å². The Morgan fingerprint density at radius 2 is 1.62 bits per heavy atom. The van der Waals surface area contributed by atoms with Crippen molar-refractivity contribution in [3.8, 4) is 5.69 Å². The molecule has 0 aliphatic carbocycles. The second-order valence-corrected chi connectivity index (χ2v) is 7.48. The summed E-state index contributed by atoms with van der Waals surface area (Å²) in [6.45, 7) is 2.73. The maximum atomic E-state index is 12.8. The fraction of sp³-hybridized carbons (Fsp3) is 0.300. The number of benzene rings is 2. The lowest BCUT2D eigenvalue weighted by Gasteiger charge is -2.27. The number of aromatic nitrogens is 3. The van der Waals surface area contributed by atoms with E-state index in [1.165, 1.54) is 23.9 Å². The molecule has 1 fully saturated rings. The number of halogens is 3. The van der Waals surface area contributed by atoms with E-state index in [0.29, 0.717) is 24.1 Å². The average molecular weight is 420 g/mol. The van der Waals surface area contributed by atoms with Crippen LogP contribution in [0, 0.1) is 0 Å². The van der Waals surface area contributed by atoms with Crippen molar-refractivity contribution in [3.05, 3.63) is 65.7 Å². The third-order valence-corrected chi connectivity index (χ3v) is 5.57. The van der Waals surface area contributed by atoms with Crippen molar-refractivity contribution in [2.24, 2.45) is 0 Å². The van der Waals surface area contributed by atoms with E-state index >= 15 is 0 Å². The molecule has 0 radical (unpaired) electrons. The zero-order chi connectivity index (χ0) is 20.3. The highest BCUT2D eigenvalue weighted by molar-refractivity contribution is 7.98. The lowest BCUT2D eigenvalue weighted by Crippen LogP contribution is -2.37. The first-order valence-corrected chi connectivity index (χ1v) is 10.1. The van der Waals surface area contributed by atoms with Crippen LogP contribution in [0.15, 0.2) is 59.8 Å². The van der Waals surface area contributed by atoms with Gasteiger partial charge in [-0.15, -0.1) is 10.2 Å². The quantitative estimate of drug-likeness (QED) is 0.572. The summed E-state index contributed by atoms with van der Waals surface area (Å²) in [6, 6.07) is 15.0. The zero-order valence-electron chi connectivity index (χ0n) is 15.5. The molecule has 0 spiro atoms. The standard InChI is InChI=1S/C20H19F3N4OS/c21-20(22,23)16-8-6-15(7-9-16)14-29-19-25-24-18(26-10-12-28-13-11-26)27(19)17-4-2-1-3-5-17/h1-9H,10-14H2. The molecule has 0 atom stereocenters. The predicted octanol–water partition coefficient (Wildman–Crippen LogP) is 4.42. The minimum Gasteiger partial charge on any atom is -0.378 e. The Bertz CT molecular complexity index is 939. The van der Waals surface area contributed by atoms with Gasteiger partial charge in [0.05, 0.1) is 24.5 Å². The van der Waals surface area contributed by atoms with E-state index in [1.807, 2.05) is 34.9 Å². The monoisotopic (exact) mass is 420 g/mol. The first kappa shape index (κ1) is 19.8. The van der Waals surface area contributed by atoms with E-state index in [-0.39, 0.29) is 0 Å². The molecule has 0 saturated carbocycles. The van der Waals surface area contributed by atoms with Crippen LogP contribution in [0.25, 0.3) is 5.69 Å². The molecule has 9 heteroatoms. The van der Waals surface area contributed by atoms with Crippen LogP contribution >= 0.6 is 11.8 Å². The van der Waals surface area contributed by atoms with Gasteiger partial charge in [-0.05, 0) is 29.8 Å². The van der Waals surface area contributed by atoms with Crippen LogP contribution in [-0.4, -0.2) is 41.1 Å². The minimum atomic E-state index is -4.33. The molecule has 2 heterocycles. The normalized spacial score (nSPS) is 14.9. The molecule has 152 valence electrons. The van der Waals surface area contributed by atoms with Crippen molar-refractivity contribution in [1.82, 2.24) is 14.8 Å². The summed E-state index contributed by atoms with van der Waals surface area (Å²) in [5, 5.41) is 9.43. The van der Waals surface area contributed by atoms with Crippen molar-refractivity contribution in [2.45, 2.75) is 17.1 Å². The summed E-state index contributed by atoms with van der Waals surface area (Å²) in [7, 11) is 0. The van der Waals surface area contributed by atoms with Crippen LogP contribution in [0.1, 0.15) is 11.1 Å². The SMILES string of the molecule is FC(F)(F)c1ccc(CSc2nnc(N3CCOCC3)n2-c2ccccc2)cc1. The number of morpholine rings is 1. The van der Waals surface area contributed by atoms with Crippen LogP contribution in [0.4, 0.5) is 19.1 Å². The van der Waals surface area contributed by atoms with Crippen LogP contribution in [0.3, 0.4) is 0 Å². The number of ether oxygens (including phenoxy) is 1. The summed E-state index contributed by atoms with van der Waals surface area (Å²) in [5.74, 6) is 1.24. The van der Waals surface area contributed by atoms with Gasteiger partial charge in [0.1, 0.15) is 0 Å². The van der Waals surface area contributed by atoms with Crippen molar-refractivity contribution in [3.63, 3.8) is 0 Å². The molecule has 1 aliphatic rings. The molecule has 3 aromatic rings. The molecule has 2 aromatic carbocycles. The summed E-state index contributed by atoms with van der Waals surface area (Å²) < 4.78 is 45.7. The summed E-state index contributed by atoms with van der Waals surface area (Å²) in [4.78, 5) is 2.13. The highest BCUT2D eigenvalue weighted by Gasteiger charge is 2.30. The Labute approximate surface area is 170 Å². The topological polar surface area (TPSA) is 43.2 Å². The number of anilines is 1. The lowest BCUT2D eigenvalue weighted by molar-refractivity contribution is -0.137. The average Bonchev–Trinajstić information content (AvgIpc) is 3.17. The van der Waals surface area contributed by atoms with Gasteiger partial charge in [0.25, 0.3) is 0 Å². The maximum absolute atomic E-state index is 12.8. The third-order valence-electron chi connectivity index (χ3n) is 4.57. The van der Waals surface area contributed by atoms with E-state index in [9.17, 15) is 13.2 Å². The van der Waals surface area contributed by atoms with Gasteiger partial charge in [-0.3, -0.25) is 4.57 Å². The van der Waals surface area contributed by atoms with Gasteiger partial charge in [0, 0.05) is 18.8 Å². The molecule has 0 bridgehead atoms. The first-order valence-electron chi connectivity index (χ1n) is 9.15. The number of nitrogens with zero attached hydrogens (tertiary/aromatic N) is 4. The predicted molar refractivity (Wildman–Crippen MR) is 105 cm³/mol. The fourth-order valence-electron chi connectivity index (χ4n) is 3.06. The third kappa shape index (κ3) is 4.56. The highest BCUT2D eigenvalue weighted by Crippen LogP contribution is 2.32. The number of hydrogen-bond donors (Lipinski definition) is 0. The highest BCUT2D eigenvalue weighted by atomic mass is 32.2. The number of thioether (sulfide) groups is 1. The van der Waals surface area contributed by atoms with Gasteiger partial charge in [0.2, 0.25) is 5.95 Å². The van der Waals surface area contributed by atoms with Crippen molar-refractivity contribution in [1.29, 1.82) is 0 Å². The Morgan fingerprint density at radius 1 is 0.931 bits per heavy atom. The number of para-hydroxylation sites is 1. The van der Waals surface area contributed by atoms with Crippen molar-refractivity contribution >= 4 is 17.7 Å². The number of hydrogen-bond acceptors (Lipinski definition) is 5. The van der Waals surface area contributed by atoms with Gasteiger partial charge >= 0.3 is 6.18 Å². The fourth-order valence-corrected chi connectivity index (χ4v) is 3.97. The minimum absolute atomic E-state index is 0.492. The van der Waals surface area contributed by atoms with Gasteiger partial charge < -0.3 is 9.64 Å². The Kier molecular flexibility index (Phi) is 5.77. The molecule has 4 rings (SSSR count). The van der Waals surface area contributed by atoms with Gasteiger partial charge in [-0.2, -0.15) is 13.2 Å².